The van der Waals surface area contributed by atoms with Crippen LogP contribution in [0.15, 0.2) is 18.2 Å². The zero-order valence-corrected chi connectivity index (χ0v) is 19.6. The van der Waals surface area contributed by atoms with Gasteiger partial charge in [-0.2, -0.15) is 0 Å². The molecular formula is C23H35ClO5. The molecule has 0 spiro atoms. The number of hydrogen-bond acceptors (Lipinski definition) is 5. The van der Waals surface area contributed by atoms with Gasteiger partial charge in [0.05, 0.1) is 17.4 Å². The molecule has 1 aromatic carbocycles. The molecule has 0 aliphatic carbocycles. The molecule has 0 aliphatic rings. The largest absolute Gasteiger partial charge is 0.485 e. The molecule has 0 aromatic heterocycles. The minimum absolute atomic E-state index is 0.0255. The molecule has 6 heteroatoms. The van der Waals surface area contributed by atoms with E-state index in [0.717, 1.165) is 5.56 Å². The van der Waals surface area contributed by atoms with Crippen LogP contribution in [0.25, 0.3) is 0 Å². The van der Waals surface area contributed by atoms with E-state index in [2.05, 4.69) is 13.8 Å². The van der Waals surface area contributed by atoms with Crippen molar-refractivity contribution in [2.24, 2.45) is 11.8 Å². The first-order chi connectivity index (χ1) is 13.3. The van der Waals surface area contributed by atoms with Crippen LogP contribution in [-0.2, 0) is 19.1 Å². The van der Waals surface area contributed by atoms with Gasteiger partial charge in [0.15, 0.2) is 0 Å². The van der Waals surface area contributed by atoms with E-state index in [1.54, 1.807) is 34.6 Å². The number of aryl methyl sites for hydroxylation is 1. The molecule has 29 heavy (non-hydrogen) atoms. The summed E-state index contributed by atoms with van der Waals surface area (Å²) < 4.78 is 17.0. The van der Waals surface area contributed by atoms with E-state index < -0.39 is 29.6 Å². The number of carbonyl (C=O) groups excluding carboxylic acids is 2. The van der Waals surface area contributed by atoms with Crippen LogP contribution in [0.5, 0.6) is 5.75 Å². The van der Waals surface area contributed by atoms with Gasteiger partial charge >= 0.3 is 11.9 Å². The van der Waals surface area contributed by atoms with Gasteiger partial charge in [0.2, 0.25) is 0 Å². The quantitative estimate of drug-likeness (QED) is 0.471. The fourth-order valence-electron chi connectivity index (χ4n) is 2.76. The summed E-state index contributed by atoms with van der Waals surface area (Å²) in [5, 5.41) is 0.524. The minimum atomic E-state index is -0.602. The van der Waals surface area contributed by atoms with Crippen LogP contribution in [0.3, 0.4) is 0 Å². The Hall–Kier alpha value is -1.75. The van der Waals surface area contributed by atoms with E-state index in [1.165, 1.54) is 0 Å². The summed E-state index contributed by atoms with van der Waals surface area (Å²) in [6, 6.07) is 5.58. The SMILES string of the molecule is Cc1ccc(O[C@H](CC(C)C)[C@H](C)OC(=O)[C@H](C)CC(=O)OC(C)(C)C)c(Cl)c1. The second-order valence-corrected chi connectivity index (χ2v) is 9.46. The van der Waals surface area contributed by atoms with Gasteiger partial charge in [0.1, 0.15) is 23.6 Å². The van der Waals surface area contributed by atoms with E-state index in [-0.39, 0.29) is 12.5 Å². The monoisotopic (exact) mass is 426 g/mol. The topological polar surface area (TPSA) is 61.8 Å². The minimum Gasteiger partial charge on any atom is -0.485 e. The molecule has 0 saturated carbocycles. The lowest BCUT2D eigenvalue weighted by Crippen LogP contribution is -2.36. The molecule has 1 rings (SSSR count). The number of hydrogen-bond donors (Lipinski definition) is 0. The Bertz CT molecular complexity index is 693. The molecule has 0 aliphatic heterocycles. The highest BCUT2D eigenvalue weighted by molar-refractivity contribution is 6.32. The average molecular weight is 427 g/mol. The van der Waals surface area contributed by atoms with Crippen LogP contribution in [-0.4, -0.2) is 29.7 Å². The highest BCUT2D eigenvalue weighted by Gasteiger charge is 2.29. The summed E-state index contributed by atoms with van der Waals surface area (Å²) in [5.74, 6) is -0.570. The van der Waals surface area contributed by atoms with E-state index in [4.69, 9.17) is 25.8 Å². The van der Waals surface area contributed by atoms with E-state index in [0.29, 0.717) is 23.1 Å². The van der Waals surface area contributed by atoms with Crippen LogP contribution in [0.4, 0.5) is 0 Å². The van der Waals surface area contributed by atoms with E-state index in [1.807, 2.05) is 25.1 Å². The Balaban J connectivity index is 2.77. The fourth-order valence-corrected chi connectivity index (χ4v) is 3.04. The van der Waals surface area contributed by atoms with Crippen molar-refractivity contribution in [1.29, 1.82) is 0 Å². The van der Waals surface area contributed by atoms with Gasteiger partial charge < -0.3 is 14.2 Å². The summed E-state index contributed by atoms with van der Waals surface area (Å²) in [6.45, 7) is 14.9. The van der Waals surface area contributed by atoms with Gasteiger partial charge in [0.25, 0.3) is 0 Å². The second kappa shape index (κ2) is 10.9. The van der Waals surface area contributed by atoms with Crippen molar-refractivity contribution in [3.05, 3.63) is 28.8 Å². The summed E-state index contributed by atoms with van der Waals surface area (Å²) in [6.07, 6.45) is -0.183. The Morgan fingerprint density at radius 1 is 1.10 bits per heavy atom. The maximum absolute atomic E-state index is 12.5. The van der Waals surface area contributed by atoms with Crippen molar-refractivity contribution >= 4 is 23.5 Å². The fraction of sp³-hybridized carbons (Fsp3) is 0.652. The predicted octanol–water partition coefficient (Wildman–Crippen LogP) is 5.74. The first-order valence-corrected chi connectivity index (χ1v) is 10.5. The molecule has 5 nitrogen and oxygen atoms in total. The maximum atomic E-state index is 12.5. The van der Waals surface area contributed by atoms with Crippen LogP contribution >= 0.6 is 11.6 Å². The molecule has 0 amide bonds. The molecule has 164 valence electrons. The molecule has 0 heterocycles. The number of carbonyl (C=O) groups is 2. The van der Waals surface area contributed by atoms with Gasteiger partial charge in [-0.05, 0) is 64.7 Å². The number of esters is 2. The van der Waals surface area contributed by atoms with Crippen LogP contribution in [0.1, 0.15) is 66.9 Å². The van der Waals surface area contributed by atoms with Gasteiger partial charge in [-0.1, -0.05) is 38.4 Å². The summed E-state index contributed by atoms with van der Waals surface area (Å²) in [5.41, 5.74) is 0.454. The van der Waals surface area contributed by atoms with Crippen molar-refractivity contribution in [3.8, 4) is 5.75 Å². The Kier molecular flexibility index (Phi) is 9.47. The Morgan fingerprint density at radius 2 is 1.72 bits per heavy atom. The highest BCUT2D eigenvalue weighted by Crippen LogP contribution is 2.29. The van der Waals surface area contributed by atoms with Gasteiger partial charge in [-0.3, -0.25) is 9.59 Å². The van der Waals surface area contributed by atoms with E-state index in [9.17, 15) is 9.59 Å². The molecule has 0 bridgehead atoms. The molecule has 0 fully saturated rings. The zero-order valence-electron chi connectivity index (χ0n) is 18.9. The molecular weight excluding hydrogens is 392 g/mol. The third-order valence-electron chi connectivity index (χ3n) is 4.19. The van der Waals surface area contributed by atoms with Gasteiger partial charge in [0, 0.05) is 0 Å². The molecule has 0 radical (unpaired) electrons. The summed E-state index contributed by atoms with van der Waals surface area (Å²) >= 11 is 6.30. The van der Waals surface area contributed by atoms with Crippen molar-refractivity contribution in [2.45, 2.75) is 86.0 Å². The number of ether oxygens (including phenoxy) is 3. The second-order valence-electron chi connectivity index (χ2n) is 9.05. The first kappa shape index (κ1) is 25.3. The third kappa shape index (κ3) is 9.53. The first-order valence-electron chi connectivity index (χ1n) is 10.1. The molecule has 0 saturated heterocycles. The molecule has 0 unspecified atom stereocenters. The van der Waals surface area contributed by atoms with Crippen molar-refractivity contribution in [3.63, 3.8) is 0 Å². The lowest BCUT2D eigenvalue weighted by molar-refractivity contribution is -0.165. The number of benzene rings is 1. The number of rotatable bonds is 9. The zero-order chi connectivity index (χ0) is 22.4. The van der Waals surface area contributed by atoms with Crippen LogP contribution in [0.2, 0.25) is 5.02 Å². The standard InChI is InChI=1S/C23H35ClO5/c1-14(2)11-20(28-19-10-9-15(3)12-18(19)24)17(5)27-22(26)16(4)13-21(25)29-23(6,7)8/h9-10,12,14,16-17,20H,11,13H2,1-8H3/t16-,17+,20-/m1/s1. The van der Waals surface area contributed by atoms with E-state index >= 15 is 0 Å². The normalized spacial score (nSPS) is 14.8. The third-order valence-corrected chi connectivity index (χ3v) is 4.49. The molecule has 0 N–H and O–H groups in total. The molecule has 1 aromatic rings. The average Bonchev–Trinajstić information content (AvgIpc) is 2.54. The Morgan fingerprint density at radius 3 is 2.24 bits per heavy atom. The van der Waals surface area contributed by atoms with Crippen LogP contribution in [0, 0.1) is 18.8 Å². The lowest BCUT2D eigenvalue weighted by Gasteiger charge is -2.28. The van der Waals surface area contributed by atoms with Crippen LogP contribution < -0.4 is 4.74 Å². The predicted molar refractivity (Wildman–Crippen MR) is 115 cm³/mol. The van der Waals surface area contributed by atoms with Gasteiger partial charge in [-0.25, -0.2) is 0 Å². The summed E-state index contributed by atoms with van der Waals surface area (Å²) in [7, 11) is 0. The molecule has 3 atom stereocenters. The lowest BCUT2D eigenvalue weighted by atomic mass is 10.0. The smallest absolute Gasteiger partial charge is 0.309 e. The highest BCUT2D eigenvalue weighted by atomic mass is 35.5. The van der Waals surface area contributed by atoms with Crippen molar-refractivity contribution in [2.75, 3.05) is 0 Å². The van der Waals surface area contributed by atoms with Gasteiger partial charge in [-0.15, -0.1) is 0 Å². The summed E-state index contributed by atoms with van der Waals surface area (Å²) in [4.78, 5) is 24.5. The Labute approximate surface area is 180 Å². The maximum Gasteiger partial charge on any atom is 0.309 e. The number of halogens is 1. The van der Waals surface area contributed by atoms with Crippen molar-refractivity contribution < 1.29 is 23.8 Å². The van der Waals surface area contributed by atoms with Crippen molar-refractivity contribution in [1.82, 2.24) is 0 Å².